The minimum atomic E-state index is -0.181. The number of rotatable bonds is 5. The molecule has 4 aromatic rings. The van der Waals surface area contributed by atoms with E-state index in [1.807, 2.05) is 25.1 Å². The van der Waals surface area contributed by atoms with Gasteiger partial charge in [0.1, 0.15) is 0 Å². The van der Waals surface area contributed by atoms with E-state index in [2.05, 4.69) is 20.5 Å². The number of benzene rings is 1. The lowest BCUT2D eigenvalue weighted by Gasteiger charge is -1.98. The number of fused-ring (bicyclic) bond motifs is 1. The number of thioether (sulfide) groups is 1. The van der Waals surface area contributed by atoms with Gasteiger partial charge >= 0.3 is 0 Å². The summed E-state index contributed by atoms with van der Waals surface area (Å²) in [5, 5.41) is 11.5. The van der Waals surface area contributed by atoms with Gasteiger partial charge in [-0.1, -0.05) is 35.2 Å². The van der Waals surface area contributed by atoms with Crippen molar-refractivity contribution < 1.29 is 13.6 Å². The molecule has 0 fully saturated rings. The maximum atomic E-state index is 12.1. The van der Waals surface area contributed by atoms with Crippen molar-refractivity contribution in [2.24, 2.45) is 0 Å². The first-order chi connectivity index (χ1) is 12.2. The Morgan fingerprint density at radius 1 is 1.28 bits per heavy atom. The Hall–Kier alpha value is -2.65. The summed E-state index contributed by atoms with van der Waals surface area (Å²) in [5.74, 6) is 0.747. The molecule has 4 rings (SSSR count). The minimum absolute atomic E-state index is 0.148. The quantitative estimate of drug-likeness (QED) is 0.530. The number of aromatic nitrogens is 3. The Morgan fingerprint density at radius 2 is 2.20 bits per heavy atom. The molecule has 1 aromatic carbocycles. The fourth-order valence-electron chi connectivity index (χ4n) is 2.19. The lowest BCUT2D eigenvalue weighted by molar-refractivity contribution is -0.113. The second-order valence-corrected chi connectivity index (χ2v) is 7.09. The number of amides is 1. The smallest absolute Gasteiger partial charge is 0.284 e. The van der Waals surface area contributed by atoms with Gasteiger partial charge in [0.05, 0.1) is 22.2 Å². The van der Waals surface area contributed by atoms with Crippen molar-refractivity contribution in [1.82, 2.24) is 15.2 Å². The molecule has 1 N–H and O–H groups in total. The van der Waals surface area contributed by atoms with E-state index in [1.165, 1.54) is 17.6 Å². The zero-order chi connectivity index (χ0) is 17.2. The van der Waals surface area contributed by atoms with Crippen LogP contribution in [0.1, 0.15) is 5.56 Å². The molecular weight excluding hydrogens is 360 g/mol. The highest BCUT2D eigenvalue weighted by molar-refractivity contribution is 7.99. The molecule has 0 unspecified atom stereocenters. The number of carbonyl (C=O) groups is 1. The molecule has 0 aliphatic rings. The van der Waals surface area contributed by atoms with Gasteiger partial charge in [-0.25, -0.2) is 4.98 Å². The Kier molecular flexibility index (Phi) is 4.24. The first-order valence-electron chi connectivity index (χ1n) is 7.35. The van der Waals surface area contributed by atoms with E-state index in [0.717, 1.165) is 27.5 Å². The first kappa shape index (κ1) is 15.9. The number of hydrogen-bond acceptors (Lipinski definition) is 8. The molecule has 3 aromatic heterocycles. The molecule has 126 valence electrons. The summed E-state index contributed by atoms with van der Waals surface area (Å²) in [6, 6.07) is 9.42. The van der Waals surface area contributed by atoms with E-state index in [-0.39, 0.29) is 17.6 Å². The molecule has 3 heterocycles. The van der Waals surface area contributed by atoms with Gasteiger partial charge in [0.15, 0.2) is 10.9 Å². The van der Waals surface area contributed by atoms with Crippen LogP contribution in [0.5, 0.6) is 0 Å². The summed E-state index contributed by atoms with van der Waals surface area (Å²) in [7, 11) is 0. The number of nitrogens with zero attached hydrogens (tertiary/aromatic N) is 3. The fraction of sp³-hybridized carbons (Fsp3) is 0.125. The van der Waals surface area contributed by atoms with Crippen LogP contribution < -0.4 is 5.32 Å². The third-order valence-electron chi connectivity index (χ3n) is 3.33. The minimum Gasteiger partial charge on any atom is -0.459 e. The molecule has 9 heteroatoms. The van der Waals surface area contributed by atoms with Gasteiger partial charge in [0, 0.05) is 0 Å². The molecule has 0 spiro atoms. The fourth-order valence-corrected chi connectivity index (χ4v) is 3.71. The SMILES string of the molecule is Cc1cccc2sc(NC(=O)CSc3nnc(-c4ccco4)o3)nc12. The molecule has 0 aliphatic heterocycles. The van der Waals surface area contributed by atoms with Crippen LogP contribution in [-0.2, 0) is 4.79 Å². The van der Waals surface area contributed by atoms with Crippen LogP contribution >= 0.6 is 23.1 Å². The number of furan rings is 1. The highest BCUT2D eigenvalue weighted by Crippen LogP contribution is 2.28. The normalized spacial score (nSPS) is 11.1. The monoisotopic (exact) mass is 372 g/mol. The summed E-state index contributed by atoms with van der Waals surface area (Å²) in [6.45, 7) is 2.00. The van der Waals surface area contributed by atoms with Crippen molar-refractivity contribution in [3.8, 4) is 11.7 Å². The second-order valence-electron chi connectivity index (χ2n) is 5.13. The number of carbonyl (C=O) groups excluding carboxylic acids is 1. The number of anilines is 1. The number of thiazole rings is 1. The van der Waals surface area contributed by atoms with E-state index in [1.54, 1.807) is 12.1 Å². The molecule has 0 atom stereocenters. The Morgan fingerprint density at radius 3 is 3.00 bits per heavy atom. The molecule has 0 saturated heterocycles. The topological polar surface area (TPSA) is 94.1 Å². The van der Waals surface area contributed by atoms with Crippen LogP contribution in [0.3, 0.4) is 0 Å². The van der Waals surface area contributed by atoms with Crippen LogP contribution in [0.2, 0.25) is 0 Å². The Balaban J connectivity index is 1.38. The van der Waals surface area contributed by atoms with Gasteiger partial charge in [0.25, 0.3) is 11.1 Å². The first-order valence-corrected chi connectivity index (χ1v) is 9.15. The van der Waals surface area contributed by atoms with Crippen LogP contribution in [0.4, 0.5) is 5.13 Å². The zero-order valence-electron chi connectivity index (χ0n) is 13.1. The molecule has 0 bridgehead atoms. The van der Waals surface area contributed by atoms with Crippen LogP contribution in [0.25, 0.3) is 21.9 Å². The van der Waals surface area contributed by atoms with Gasteiger partial charge in [-0.15, -0.1) is 10.2 Å². The van der Waals surface area contributed by atoms with Crippen molar-refractivity contribution >= 4 is 44.4 Å². The number of aryl methyl sites for hydroxylation is 1. The van der Waals surface area contributed by atoms with E-state index in [9.17, 15) is 4.79 Å². The average molecular weight is 372 g/mol. The highest BCUT2D eigenvalue weighted by Gasteiger charge is 2.14. The van der Waals surface area contributed by atoms with Crippen LogP contribution in [0, 0.1) is 6.92 Å². The van der Waals surface area contributed by atoms with Crippen LogP contribution in [-0.4, -0.2) is 26.8 Å². The summed E-state index contributed by atoms with van der Waals surface area (Å²) in [6.07, 6.45) is 1.53. The van der Waals surface area contributed by atoms with Gasteiger partial charge < -0.3 is 14.2 Å². The molecule has 0 aliphatic carbocycles. The average Bonchev–Trinajstić information content (AvgIpc) is 3.33. The Labute approximate surface area is 150 Å². The lowest BCUT2D eigenvalue weighted by Crippen LogP contribution is -2.13. The highest BCUT2D eigenvalue weighted by atomic mass is 32.2. The van der Waals surface area contributed by atoms with Crippen molar-refractivity contribution in [3.63, 3.8) is 0 Å². The van der Waals surface area contributed by atoms with E-state index in [4.69, 9.17) is 8.83 Å². The van der Waals surface area contributed by atoms with Gasteiger partial charge in [-0.05, 0) is 30.7 Å². The summed E-state index contributed by atoms with van der Waals surface area (Å²) >= 11 is 2.61. The van der Waals surface area contributed by atoms with Gasteiger partial charge in [0.2, 0.25) is 5.91 Å². The molecule has 0 saturated carbocycles. The summed E-state index contributed by atoms with van der Waals surface area (Å²) in [5.41, 5.74) is 2.00. The molecule has 0 radical (unpaired) electrons. The summed E-state index contributed by atoms with van der Waals surface area (Å²) < 4.78 is 11.7. The second kappa shape index (κ2) is 6.69. The predicted octanol–water partition coefficient (Wildman–Crippen LogP) is 3.98. The maximum absolute atomic E-state index is 12.1. The van der Waals surface area contributed by atoms with E-state index < -0.39 is 0 Å². The zero-order valence-corrected chi connectivity index (χ0v) is 14.7. The van der Waals surface area contributed by atoms with Crippen molar-refractivity contribution in [2.75, 3.05) is 11.1 Å². The number of para-hydroxylation sites is 1. The number of nitrogens with one attached hydrogen (secondary N) is 1. The molecular formula is C16H12N4O3S2. The maximum Gasteiger partial charge on any atom is 0.284 e. The Bertz CT molecular complexity index is 1020. The molecule has 1 amide bonds. The molecule has 7 nitrogen and oxygen atoms in total. The van der Waals surface area contributed by atoms with E-state index in [0.29, 0.717) is 16.1 Å². The molecule has 25 heavy (non-hydrogen) atoms. The van der Waals surface area contributed by atoms with Crippen molar-refractivity contribution in [3.05, 3.63) is 42.2 Å². The predicted molar refractivity (Wildman–Crippen MR) is 95.7 cm³/mol. The van der Waals surface area contributed by atoms with Gasteiger partial charge in [-0.3, -0.25) is 4.79 Å². The third-order valence-corrected chi connectivity index (χ3v) is 5.09. The van der Waals surface area contributed by atoms with Crippen LogP contribution in [0.15, 0.2) is 50.7 Å². The van der Waals surface area contributed by atoms with Crippen molar-refractivity contribution in [2.45, 2.75) is 12.1 Å². The lowest BCUT2D eigenvalue weighted by atomic mass is 10.2. The third kappa shape index (κ3) is 3.42. The van der Waals surface area contributed by atoms with Crippen molar-refractivity contribution in [1.29, 1.82) is 0 Å². The summed E-state index contributed by atoms with van der Waals surface area (Å²) in [4.78, 5) is 16.6. The number of hydrogen-bond donors (Lipinski definition) is 1. The standard InChI is InChI=1S/C16H12N4O3S2/c1-9-4-2-6-11-13(9)18-15(25-11)17-12(21)8-24-16-20-19-14(23-16)10-5-3-7-22-10/h2-7H,8H2,1H3,(H,17,18,21). The van der Waals surface area contributed by atoms with Gasteiger partial charge in [-0.2, -0.15) is 0 Å². The van der Waals surface area contributed by atoms with E-state index >= 15 is 0 Å². The largest absolute Gasteiger partial charge is 0.459 e.